The summed E-state index contributed by atoms with van der Waals surface area (Å²) in [5, 5.41) is 2.81. The fourth-order valence-electron chi connectivity index (χ4n) is 1.84. The molecule has 0 saturated heterocycles. The summed E-state index contributed by atoms with van der Waals surface area (Å²) in [6, 6.07) is 7.27. The molecule has 0 radical (unpaired) electrons. The van der Waals surface area contributed by atoms with Gasteiger partial charge in [0, 0.05) is 12.5 Å². The number of aromatic nitrogens is 1. The van der Waals surface area contributed by atoms with Crippen LogP contribution >= 0.6 is 11.6 Å². The van der Waals surface area contributed by atoms with Gasteiger partial charge >= 0.3 is 0 Å². The number of benzene rings is 1. The predicted octanol–water partition coefficient (Wildman–Crippen LogP) is 2.79. The molecule has 0 spiro atoms. The van der Waals surface area contributed by atoms with E-state index in [0.29, 0.717) is 6.61 Å². The monoisotopic (exact) mass is 354 g/mol. The maximum Gasteiger partial charge on any atom is 0.261 e. The van der Waals surface area contributed by atoms with Crippen LogP contribution in [0, 0.1) is 0 Å². The van der Waals surface area contributed by atoms with Gasteiger partial charge in [-0.3, -0.25) is 4.79 Å². The van der Waals surface area contributed by atoms with Crippen molar-refractivity contribution in [1.29, 1.82) is 0 Å². The zero-order chi connectivity index (χ0) is 17.0. The first kappa shape index (κ1) is 17.2. The van der Waals surface area contributed by atoms with E-state index >= 15 is 0 Å². The van der Waals surface area contributed by atoms with Crippen molar-refractivity contribution in [2.24, 2.45) is 0 Å². The van der Waals surface area contributed by atoms with Crippen LogP contribution in [-0.4, -0.2) is 32.2 Å². The SMILES string of the molecule is CCOc1ncccc1C(=O)Nc1cc(S(C)(=O)=O)ccc1Cl. The number of ether oxygens (including phenoxy) is 1. The lowest BCUT2D eigenvalue weighted by molar-refractivity contribution is 0.102. The minimum Gasteiger partial charge on any atom is -0.477 e. The molecule has 1 aromatic carbocycles. The summed E-state index contributed by atoms with van der Waals surface area (Å²) in [6.07, 6.45) is 2.59. The predicted molar refractivity (Wildman–Crippen MR) is 87.9 cm³/mol. The molecule has 122 valence electrons. The first-order valence-electron chi connectivity index (χ1n) is 6.71. The zero-order valence-electron chi connectivity index (χ0n) is 12.5. The summed E-state index contributed by atoms with van der Waals surface area (Å²) in [5.41, 5.74) is 0.432. The Bertz CT molecular complexity index is 837. The van der Waals surface area contributed by atoms with Gasteiger partial charge in [0.25, 0.3) is 5.91 Å². The van der Waals surface area contributed by atoms with E-state index in [1.807, 2.05) is 0 Å². The van der Waals surface area contributed by atoms with E-state index in [2.05, 4.69) is 10.3 Å². The van der Waals surface area contributed by atoms with Crippen molar-refractivity contribution in [3.05, 3.63) is 47.1 Å². The summed E-state index contributed by atoms with van der Waals surface area (Å²) >= 11 is 6.02. The van der Waals surface area contributed by atoms with E-state index in [0.717, 1.165) is 6.26 Å². The summed E-state index contributed by atoms with van der Waals surface area (Å²) < 4.78 is 28.5. The third-order valence-electron chi connectivity index (χ3n) is 2.91. The number of sulfone groups is 1. The van der Waals surface area contributed by atoms with Gasteiger partial charge in [0.1, 0.15) is 5.56 Å². The average molecular weight is 355 g/mol. The third kappa shape index (κ3) is 4.20. The van der Waals surface area contributed by atoms with E-state index in [9.17, 15) is 13.2 Å². The summed E-state index contributed by atoms with van der Waals surface area (Å²) in [7, 11) is -3.41. The van der Waals surface area contributed by atoms with E-state index < -0.39 is 15.7 Å². The minimum absolute atomic E-state index is 0.0634. The molecule has 0 fully saturated rings. The van der Waals surface area contributed by atoms with Crippen molar-refractivity contribution >= 4 is 33.0 Å². The van der Waals surface area contributed by atoms with E-state index in [-0.39, 0.29) is 27.0 Å². The van der Waals surface area contributed by atoms with Crippen molar-refractivity contribution in [1.82, 2.24) is 4.98 Å². The number of carbonyl (C=O) groups excluding carboxylic acids is 1. The Morgan fingerprint density at radius 2 is 2.09 bits per heavy atom. The molecule has 0 atom stereocenters. The minimum atomic E-state index is -3.41. The lowest BCUT2D eigenvalue weighted by Gasteiger charge is -2.11. The molecule has 0 aliphatic rings. The molecule has 1 aromatic heterocycles. The van der Waals surface area contributed by atoms with Gasteiger partial charge in [-0.25, -0.2) is 13.4 Å². The number of amides is 1. The average Bonchev–Trinajstić information content (AvgIpc) is 2.49. The van der Waals surface area contributed by atoms with Crippen LogP contribution in [0.1, 0.15) is 17.3 Å². The summed E-state index contributed by atoms with van der Waals surface area (Å²) in [4.78, 5) is 16.4. The van der Waals surface area contributed by atoms with Gasteiger partial charge in [-0.05, 0) is 37.3 Å². The Hall–Kier alpha value is -2.12. The fourth-order valence-corrected chi connectivity index (χ4v) is 2.65. The van der Waals surface area contributed by atoms with E-state index in [4.69, 9.17) is 16.3 Å². The molecule has 8 heteroatoms. The molecule has 1 heterocycles. The molecule has 1 N–H and O–H groups in total. The van der Waals surface area contributed by atoms with E-state index in [1.165, 1.54) is 24.4 Å². The largest absolute Gasteiger partial charge is 0.477 e. The van der Waals surface area contributed by atoms with Gasteiger partial charge in [-0.15, -0.1) is 0 Å². The molecule has 2 rings (SSSR count). The number of carbonyl (C=O) groups is 1. The van der Waals surface area contributed by atoms with Crippen molar-refractivity contribution in [2.75, 3.05) is 18.2 Å². The molecule has 6 nitrogen and oxygen atoms in total. The van der Waals surface area contributed by atoms with Crippen LogP contribution in [0.25, 0.3) is 0 Å². The van der Waals surface area contributed by atoms with Gasteiger partial charge in [0.05, 0.1) is 22.2 Å². The summed E-state index contributed by atoms with van der Waals surface area (Å²) in [6.45, 7) is 2.14. The molecule has 2 aromatic rings. The normalized spacial score (nSPS) is 11.1. The number of hydrogen-bond acceptors (Lipinski definition) is 5. The van der Waals surface area contributed by atoms with Crippen molar-refractivity contribution in [3.8, 4) is 5.88 Å². The number of anilines is 1. The number of nitrogens with one attached hydrogen (secondary N) is 1. The molecule has 1 amide bonds. The molecule has 0 bridgehead atoms. The molecule has 0 aliphatic heterocycles. The zero-order valence-corrected chi connectivity index (χ0v) is 14.1. The molecular weight excluding hydrogens is 340 g/mol. The van der Waals surface area contributed by atoms with Crippen LogP contribution in [0.15, 0.2) is 41.4 Å². The second-order valence-electron chi connectivity index (χ2n) is 4.66. The standard InChI is InChI=1S/C15H15ClN2O4S/c1-3-22-15-11(5-4-8-17-15)14(19)18-13-9-10(23(2,20)21)6-7-12(13)16/h4-9H,3H2,1-2H3,(H,18,19). The van der Waals surface area contributed by atoms with E-state index in [1.54, 1.807) is 19.1 Å². The van der Waals surface area contributed by atoms with Gasteiger partial charge in [0.15, 0.2) is 9.84 Å². The van der Waals surface area contributed by atoms with Crippen LogP contribution in [-0.2, 0) is 9.84 Å². The smallest absolute Gasteiger partial charge is 0.261 e. The maximum atomic E-state index is 12.4. The first-order valence-corrected chi connectivity index (χ1v) is 8.98. The van der Waals surface area contributed by atoms with Gasteiger partial charge in [0.2, 0.25) is 5.88 Å². The second-order valence-corrected chi connectivity index (χ2v) is 7.08. The number of rotatable bonds is 5. The van der Waals surface area contributed by atoms with Crippen LogP contribution in [0.3, 0.4) is 0 Å². The number of pyridine rings is 1. The highest BCUT2D eigenvalue weighted by atomic mass is 35.5. The maximum absolute atomic E-state index is 12.4. The number of halogens is 1. The highest BCUT2D eigenvalue weighted by Gasteiger charge is 2.16. The van der Waals surface area contributed by atoms with Crippen molar-refractivity contribution in [2.45, 2.75) is 11.8 Å². The Morgan fingerprint density at radius 1 is 1.35 bits per heavy atom. The topological polar surface area (TPSA) is 85.4 Å². The molecule has 0 aliphatic carbocycles. The first-order chi connectivity index (χ1) is 10.8. The van der Waals surface area contributed by atoms with Crippen LogP contribution in [0.5, 0.6) is 5.88 Å². The lowest BCUT2D eigenvalue weighted by atomic mass is 10.2. The Kier molecular flexibility index (Phi) is 5.23. The highest BCUT2D eigenvalue weighted by Crippen LogP contribution is 2.26. The highest BCUT2D eigenvalue weighted by molar-refractivity contribution is 7.90. The number of nitrogens with zero attached hydrogens (tertiary/aromatic N) is 1. The van der Waals surface area contributed by atoms with Crippen LogP contribution in [0.2, 0.25) is 5.02 Å². The Balaban J connectivity index is 2.34. The number of hydrogen-bond donors (Lipinski definition) is 1. The molecule has 0 unspecified atom stereocenters. The molecule has 0 saturated carbocycles. The van der Waals surface area contributed by atoms with Gasteiger partial charge < -0.3 is 10.1 Å². The van der Waals surface area contributed by atoms with Crippen LogP contribution < -0.4 is 10.1 Å². The van der Waals surface area contributed by atoms with Gasteiger partial charge in [-0.2, -0.15) is 0 Å². The van der Waals surface area contributed by atoms with Crippen LogP contribution in [0.4, 0.5) is 5.69 Å². The third-order valence-corrected chi connectivity index (χ3v) is 4.35. The summed E-state index contributed by atoms with van der Waals surface area (Å²) in [5.74, 6) is -0.294. The lowest BCUT2D eigenvalue weighted by Crippen LogP contribution is -2.15. The Morgan fingerprint density at radius 3 is 2.74 bits per heavy atom. The fraction of sp³-hybridized carbons (Fsp3) is 0.200. The second kappa shape index (κ2) is 6.97. The van der Waals surface area contributed by atoms with Crippen molar-refractivity contribution in [3.63, 3.8) is 0 Å². The van der Waals surface area contributed by atoms with Crippen molar-refractivity contribution < 1.29 is 17.9 Å². The molecule has 23 heavy (non-hydrogen) atoms. The van der Waals surface area contributed by atoms with Gasteiger partial charge in [-0.1, -0.05) is 11.6 Å². The molecular formula is C15H15ClN2O4S. The Labute approximate surface area is 139 Å². The quantitative estimate of drug-likeness (QED) is 0.892.